The predicted octanol–water partition coefficient (Wildman–Crippen LogP) is 3.40. The maximum absolute atomic E-state index is 9.83. The second-order valence-corrected chi connectivity index (χ2v) is 4.81. The van der Waals surface area contributed by atoms with E-state index >= 15 is 0 Å². The molecule has 1 aromatic heterocycles. The van der Waals surface area contributed by atoms with Gasteiger partial charge in [0.05, 0.1) is 6.10 Å². The van der Waals surface area contributed by atoms with Crippen LogP contribution in [0.4, 0.5) is 5.82 Å². The van der Waals surface area contributed by atoms with Crippen molar-refractivity contribution in [1.29, 1.82) is 0 Å². The zero-order valence-electron chi connectivity index (χ0n) is 12.1. The molecule has 0 fully saturated rings. The van der Waals surface area contributed by atoms with E-state index in [0.717, 1.165) is 24.5 Å². The maximum atomic E-state index is 9.83. The molecular formula is C15H26N2O. The second kappa shape index (κ2) is 7.37. The molecule has 1 aromatic rings. The first-order valence-electron chi connectivity index (χ1n) is 7.01. The number of aromatic nitrogens is 1. The molecule has 0 amide bonds. The van der Waals surface area contributed by atoms with Gasteiger partial charge in [0.2, 0.25) is 0 Å². The van der Waals surface area contributed by atoms with Gasteiger partial charge in [0, 0.05) is 24.8 Å². The van der Waals surface area contributed by atoms with Crippen molar-refractivity contribution in [3.8, 4) is 0 Å². The minimum Gasteiger partial charge on any atom is -0.389 e. The van der Waals surface area contributed by atoms with Crippen LogP contribution in [0.15, 0.2) is 18.3 Å². The average Bonchev–Trinajstić information content (AvgIpc) is 2.40. The Hall–Kier alpha value is -1.09. The van der Waals surface area contributed by atoms with Crippen molar-refractivity contribution >= 4 is 5.82 Å². The highest BCUT2D eigenvalue weighted by molar-refractivity contribution is 5.47. The molecule has 0 aliphatic rings. The van der Waals surface area contributed by atoms with Crippen LogP contribution in [-0.2, 0) is 0 Å². The van der Waals surface area contributed by atoms with Gasteiger partial charge in [-0.3, -0.25) is 0 Å². The van der Waals surface area contributed by atoms with Crippen molar-refractivity contribution < 1.29 is 5.11 Å². The van der Waals surface area contributed by atoms with E-state index in [0.29, 0.717) is 5.92 Å². The minimum absolute atomic E-state index is 0.468. The molecule has 18 heavy (non-hydrogen) atoms. The largest absolute Gasteiger partial charge is 0.389 e. The highest BCUT2D eigenvalue weighted by Crippen LogP contribution is 2.25. The van der Waals surface area contributed by atoms with Crippen LogP contribution >= 0.6 is 0 Å². The van der Waals surface area contributed by atoms with Gasteiger partial charge >= 0.3 is 0 Å². The first kappa shape index (κ1) is 15.0. The number of hydrogen-bond acceptors (Lipinski definition) is 3. The molecule has 0 saturated heterocycles. The lowest BCUT2D eigenvalue weighted by Gasteiger charge is -2.28. The third kappa shape index (κ3) is 3.70. The van der Waals surface area contributed by atoms with E-state index in [9.17, 15) is 5.11 Å². The lowest BCUT2D eigenvalue weighted by molar-refractivity contribution is 0.199. The van der Waals surface area contributed by atoms with Gasteiger partial charge in [-0.05, 0) is 25.8 Å². The lowest BCUT2D eigenvalue weighted by atomic mass is 10.0. The van der Waals surface area contributed by atoms with Crippen molar-refractivity contribution in [3.05, 3.63) is 23.9 Å². The van der Waals surface area contributed by atoms with Gasteiger partial charge in [-0.25, -0.2) is 4.98 Å². The van der Waals surface area contributed by atoms with Gasteiger partial charge in [0.15, 0.2) is 0 Å². The van der Waals surface area contributed by atoms with E-state index in [1.54, 1.807) is 13.1 Å². The Bertz CT molecular complexity index is 348. The normalized spacial score (nSPS) is 12.8. The Morgan fingerprint density at radius 1 is 1.28 bits per heavy atom. The van der Waals surface area contributed by atoms with Crippen molar-refractivity contribution in [3.63, 3.8) is 0 Å². The van der Waals surface area contributed by atoms with E-state index in [4.69, 9.17) is 0 Å². The third-order valence-corrected chi connectivity index (χ3v) is 3.58. The van der Waals surface area contributed by atoms with Crippen LogP contribution in [-0.4, -0.2) is 23.2 Å². The number of rotatable bonds is 7. The summed E-state index contributed by atoms with van der Waals surface area (Å²) in [6.45, 7) is 10.3. The standard InChI is InChI=1S/C15H26N2O/c1-5-13(6-2)11-17(7-3)15-14(12(4)18)9-8-10-16-15/h8-10,12-13,18H,5-7,11H2,1-4H3/t12-/m1/s1. The van der Waals surface area contributed by atoms with E-state index in [1.165, 1.54) is 12.8 Å². The number of nitrogens with zero attached hydrogens (tertiary/aromatic N) is 2. The Balaban J connectivity index is 2.94. The Morgan fingerprint density at radius 2 is 1.94 bits per heavy atom. The van der Waals surface area contributed by atoms with Crippen LogP contribution < -0.4 is 4.90 Å². The second-order valence-electron chi connectivity index (χ2n) is 4.81. The smallest absolute Gasteiger partial charge is 0.134 e. The van der Waals surface area contributed by atoms with E-state index in [1.807, 2.05) is 12.1 Å². The van der Waals surface area contributed by atoms with Gasteiger partial charge in [0.1, 0.15) is 5.82 Å². The van der Waals surface area contributed by atoms with E-state index in [2.05, 4.69) is 30.7 Å². The summed E-state index contributed by atoms with van der Waals surface area (Å²) in [4.78, 5) is 6.74. The van der Waals surface area contributed by atoms with Crippen molar-refractivity contribution in [2.75, 3.05) is 18.0 Å². The number of anilines is 1. The number of pyridine rings is 1. The quantitative estimate of drug-likeness (QED) is 0.805. The van der Waals surface area contributed by atoms with Gasteiger partial charge < -0.3 is 10.0 Å². The first-order chi connectivity index (χ1) is 8.63. The maximum Gasteiger partial charge on any atom is 0.134 e. The fourth-order valence-corrected chi connectivity index (χ4v) is 2.22. The molecule has 1 heterocycles. The first-order valence-corrected chi connectivity index (χ1v) is 7.01. The molecule has 0 bridgehead atoms. The molecule has 3 heteroatoms. The third-order valence-electron chi connectivity index (χ3n) is 3.58. The fraction of sp³-hybridized carbons (Fsp3) is 0.667. The highest BCUT2D eigenvalue weighted by atomic mass is 16.3. The van der Waals surface area contributed by atoms with Crippen LogP contribution in [0, 0.1) is 5.92 Å². The Kier molecular flexibility index (Phi) is 6.13. The topological polar surface area (TPSA) is 36.4 Å². The van der Waals surface area contributed by atoms with Crippen LogP contribution in [0.25, 0.3) is 0 Å². The van der Waals surface area contributed by atoms with Crippen LogP contribution in [0.5, 0.6) is 0 Å². The molecule has 0 saturated carbocycles. The molecule has 0 spiro atoms. The van der Waals surface area contributed by atoms with Crippen molar-refractivity contribution in [1.82, 2.24) is 4.98 Å². The molecule has 0 aliphatic heterocycles. The monoisotopic (exact) mass is 250 g/mol. The van der Waals surface area contributed by atoms with Gasteiger partial charge in [-0.15, -0.1) is 0 Å². The van der Waals surface area contributed by atoms with Crippen molar-refractivity contribution in [2.24, 2.45) is 5.92 Å². The molecule has 0 aromatic carbocycles. The molecule has 0 unspecified atom stereocenters. The summed E-state index contributed by atoms with van der Waals surface area (Å²) in [7, 11) is 0. The SMILES string of the molecule is CCC(CC)CN(CC)c1ncccc1[C@@H](C)O. The van der Waals surface area contributed by atoms with Crippen LogP contribution in [0.3, 0.4) is 0 Å². The molecule has 3 nitrogen and oxygen atoms in total. The van der Waals surface area contributed by atoms with E-state index in [-0.39, 0.29) is 0 Å². The average molecular weight is 250 g/mol. The summed E-state index contributed by atoms with van der Waals surface area (Å²) in [6.07, 6.45) is 3.70. The predicted molar refractivity (Wildman–Crippen MR) is 76.8 cm³/mol. The zero-order chi connectivity index (χ0) is 13.5. The molecular weight excluding hydrogens is 224 g/mol. The number of aliphatic hydroxyl groups excluding tert-OH is 1. The summed E-state index contributed by atoms with van der Waals surface area (Å²) in [5, 5.41) is 9.83. The fourth-order valence-electron chi connectivity index (χ4n) is 2.22. The van der Waals surface area contributed by atoms with Gasteiger partial charge in [-0.1, -0.05) is 32.8 Å². The zero-order valence-corrected chi connectivity index (χ0v) is 12.1. The van der Waals surface area contributed by atoms with Gasteiger partial charge in [-0.2, -0.15) is 0 Å². The minimum atomic E-state index is -0.468. The molecule has 1 atom stereocenters. The molecule has 102 valence electrons. The van der Waals surface area contributed by atoms with Gasteiger partial charge in [0.25, 0.3) is 0 Å². The van der Waals surface area contributed by atoms with Crippen molar-refractivity contribution in [2.45, 2.75) is 46.6 Å². The number of hydrogen-bond donors (Lipinski definition) is 1. The molecule has 1 rings (SSSR count). The summed E-state index contributed by atoms with van der Waals surface area (Å²) in [5.74, 6) is 1.62. The summed E-state index contributed by atoms with van der Waals surface area (Å²) in [6, 6.07) is 3.85. The Morgan fingerprint density at radius 3 is 2.44 bits per heavy atom. The molecule has 0 radical (unpaired) electrons. The Labute approximate surface area is 111 Å². The molecule has 0 aliphatic carbocycles. The number of aliphatic hydroxyl groups is 1. The summed E-state index contributed by atoms with van der Waals surface area (Å²) >= 11 is 0. The molecule has 1 N–H and O–H groups in total. The summed E-state index contributed by atoms with van der Waals surface area (Å²) < 4.78 is 0. The van der Waals surface area contributed by atoms with E-state index < -0.39 is 6.10 Å². The summed E-state index contributed by atoms with van der Waals surface area (Å²) in [5.41, 5.74) is 0.922. The lowest BCUT2D eigenvalue weighted by Crippen LogP contribution is -2.30. The highest BCUT2D eigenvalue weighted by Gasteiger charge is 2.16. The van der Waals surface area contributed by atoms with Crippen LogP contribution in [0.2, 0.25) is 0 Å². The van der Waals surface area contributed by atoms with Crippen LogP contribution in [0.1, 0.15) is 52.2 Å².